The maximum absolute atomic E-state index is 12.9. The molecule has 0 bridgehead atoms. The molecule has 3 aliphatic rings. The van der Waals surface area contributed by atoms with Gasteiger partial charge in [0.2, 0.25) is 11.8 Å². The third-order valence-electron chi connectivity index (χ3n) is 8.28. The molecule has 6 rings (SSSR count). The van der Waals surface area contributed by atoms with Crippen LogP contribution in [-0.4, -0.2) is 57.1 Å². The van der Waals surface area contributed by atoms with Gasteiger partial charge >= 0.3 is 0 Å². The standard InChI is InChI=1S/C27H30ClN5O3/c1-14-7-17(28)8-20(19(14)9-18-10-29-5-6-36-18)23-24-15(2)16(12-33(24)31-13-30-23)11-32-25(34)21-22(26(32)35)27(21,3)4/h7-8,12-13,18,21-22,29H,5-6,9-11H2,1-4H3/t18-,21?,22?/m1/s1. The highest BCUT2D eigenvalue weighted by Crippen LogP contribution is 2.63. The van der Waals surface area contributed by atoms with Crippen molar-refractivity contribution in [1.29, 1.82) is 0 Å². The van der Waals surface area contributed by atoms with Crippen molar-refractivity contribution in [2.75, 3.05) is 19.7 Å². The molecule has 188 valence electrons. The number of hydrogen-bond acceptors (Lipinski definition) is 6. The topological polar surface area (TPSA) is 88.8 Å². The van der Waals surface area contributed by atoms with Crippen molar-refractivity contribution in [2.45, 2.75) is 46.8 Å². The quantitative estimate of drug-likeness (QED) is 0.533. The van der Waals surface area contributed by atoms with E-state index < -0.39 is 0 Å². The lowest BCUT2D eigenvalue weighted by Crippen LogP contribution is -2.39. The number of aromatic nitrogens is 3. The first-order chi connectivity index (χ1) is 17.2. The van der Waals surface area contributed by atoms with Gasteiger partial charge in [-0.2, -0.15) is 5.10 Å². The monoisotopic (exact) mass is 507 g/mol. The second kappa shape index (κ2) is 8.36. The number of nitrogens with one attached hydrogen (secondary N) is 1. The van der Waals surface area contributed by atoms with Crippen LogP contribution in [0.1, 0.15) is 36.1 Å². The van der Waals surface area contributed by atoms with Crippen LogP contribution in [0.2, 0.25) is 5.02 Å². The fourth-order valence-corrected chi connectivity index (χ4v) is 6.40. The maximum atomic E-state index is 12.9. The first-order valence-electron chi connectivity index (χ1n) is 12.5. The molecular weight excluding hydrogens is 478 g/mol. The number of amides is 2. The predicted octanol–water partition coefficient (Wildman–Crippen LogP) is 3.34. The Morgan fingerprint density at radius 1 is 1.19 bits per heavy atom. The van der Waals surface area contributed by atoms with E-state index in [0.717, 1.165) is 58.5 Å². The molecule has 36 heavy (non-hydrogen) atoms. The number of halogens is 1. The molecule has 2 aromatic heterocycles. The van der Waals surface area contributed by atoms with E-state index in [2.05, 4.69) is 17.3 Å². The Kier molecular flexibility index (Phi) is 5.48. The number of hydrogen-bond donors (Lipinski definition) is 1. The summed E-state index contributed by atoms with van der Waals surface area (Å²) >= 11 is 6.52. The van der Waals surface area contributed by atoms with Crippen LogP contribution in [0.3, 0.4) is 0 Å². The summed E-state index contributed by atoms with van der Waals surface area (Å²) in [6.45, 7) is 10.7. The smallest absolute Gasteiger partial charge is 0.233 e. The van der Waals surface area contributed by atoms with Crippen molar-refractivity contribution >= 4 is 28.9 Å². The third-order valence-corrected chi connectivity index (χ3v) is 8.50. The fraction of sp³-hybridized carbons (Fsp3) is 0.481. The number of morpholine rings is 1. The van der Waals surface area contributed by atoms with E-state index in [1.165, 1.54) is 11.2 Å². The number of piperidine rings is 1. The van der Waals surface area contributed by atoms with Gasteiger partial charge < -0.3 is 10.1 Å². The second-order valence-corrected chi connectivity index (χ2v) is 11.3. The van der Waals surface area contributed by atoms with Gasteiger partial charge in [0.05, 0.1) is 42.3 Å². The van der Waals surface area contributed by atoms with Gasteiger partial charge in [-0.15, -0.1) is 0 Å². The Morgan fingerprint density at radius 3 is 2.64 bits per heavy atom. The van der Waals surface area contributed by atoms with E-state index >= 15 is 0 Å². The van der Waals surface area contributed by atoms with E-state index in [9.17, 15) is 9.59 Å². The molecule has 3 aromatic rings. The SMILES string of the molecule is Cc1cc(Cl)cc(-c2ncnn3cc(CN4C(=O)C5C(C4=O)C5(C)C)c(C)c23)c1C[C@@H]1CNCCO1. The number of nitrogens with zero attached hydrogens (tertiary/aromatic N) is 4. The highest BCUT2D eigenvalue weighted by Gasteiger charge is 2.72. The summed E-state index contributed by atoms with van der Waals surface area (Å²) in [6, 6.07) is 3.93. The van der Waals surface area contributed by atoms with Crippen molar-refractivity contribution in [3.8, 4) is 11.3 Å². The first-order valence-corrected chi connectivity index (χ1v) is 12.8. The van der Waals surface area contributed by atoms with Crippen LogP contribution in [0.4, 0.5) is 0 Å². The molecule has 8 nitrogen and oxygen atoms in total. The molecule has 2 saturated heterocycles. The van der Waals surface area contributed by atoms with Crippen molar-refractivity contribution in [2.24, 2.45) is 17.3 Å². The minimum Gasteiger partial charge on any atom is -0.375 e. The van der Waals surface area contributed by atoms with Crippen LogP contribution >= 0.6 is 11.6 Å². The highest BCUT2D eigenvalue weighted by molar-refractivity contribution is 6.31. The predicted molar refractivity (Wildman–Crippen MR) is 136 cm³/mol. The molecule has 1 saturated carbocycles. The summed E-state index contributed by atoms with van der Waals surface area (Å²) in [5, 5.41) is 8.49. The second-order valence-electron chi connectivity index (χ2n) is 10.9. The van der Waals surface area contributed by atoms with Gasteiger partial charge in [0.25, 0.3) is 0 Å². The molecule has 4 heterocycles. The number of carbonyl (C=O) groups excluding carboxylic acids is 2. The van der Waals surface area contributed by atoms with Gasteiger partial charge in [0.1, 0.15) is 6.33 Å². The molecule has 0 spiro atoms. The molecular formula is C27H30ClN5O3. The summed E-state index contributed by atoms with van der Waals surface area (Å²) in [4.78, 5) is 32.0. The summed E-state index contributed by atoms with van der Waals surface area (Å²) in [7, 11) is 0. The molecule has 3 atom stereocenters. The average molecular weight is 508 g/mol. The summed E-state index contributed by atoms with van der Waals surface area (Å²) in [5.41, 5.74) is 6.42. The number of rotatable bonds is 5. The first kappa shape index (κ1) is 23.6. The summed E-state index contributed by atoms with van der Waals surface area (Å²) < 4.78 is 7.78. The highest BCUT2D eigenvalue weighted by atomic mass is 35.5. The van der Waals surface area contributed by atoms with Crippen LogP contribution in [0, 0.1) is 31.1 Å². The van der Waals surface area contributed by atoms with E-state index in [0.29, 0.717) is 11.6 Å². The minimum atomic E-state index is -0.220. The number of fused-ring (bicyclic) bond motifs is 2. The Bertz CT molecular complexity index is 1380. The van der Waals surface area contributed by atoms with Crippen LogP contribution in [-0.2, 0) is 27.3 Å². The van der Waals surface area contributed by atoms with Crippen molar-refractivity contribution in [3.63, 3.8) is 0 Å². The van der Waals surface area contributed by atoms with Crippen molar-refractivity contribution in [1.82, 2.24) is 24.8 Å². The zero-order valence-corrected chi connectivity index (χ0v) is 21.7. The largest absolute Gasteiger partial charge is 0.375 e. The average Bonchev–Trinajstić information content (AvgIpc) is 3.12. The van der Waals surface area contributed by atoms with Gasteiger partial charge in [-0.25, -0.2) is 9.50 Å². The maximum Gasteiger partial charge on any atom is 0.233 e. The number of imide groups is 1. The van der Waals surface area contributed by atoms with Crippen LogP contribution in [0.15, 0.2) is 24.7 Å². The fourth-order valence-electron chi connectivity index (χ4n) is 6.13. The number of benzene rings is 1. The number of ether oxygens (including phenoxy) is 1. The van der Waals surface area contributed by atoms with Crippen molar-refractivity contribution < 1.29 is 14.3 Å². The molecule has 1 aromatic carbocycles. The molecule has 3 fully saturated rings. The van der Waals surface area contributed by atoms with E-state index in [-0.39, 0.29) is 41.7 Å². The summed E-state index contributed by atoms with van der Waals surface area (Å²) in [6.07, 6.45) is 4.25. The lowest BCUT2D eigenvalue weighted by molar-refractivity contribution is -0.143. The van der Waals surface area contributed by atoms with E-state index in [4.69, 9.17) is 21.3 Å². The molecule has 1 aliphatic carbocycles. The molecule has 1 N–H and O–H groups in total. The Balaban J connectivity index is 1.39. The van der Waals surface area contributed by atoms with Crippen LogP contribution < -0.4 is 5.32 Å². The minimum absolute atomic E-state index is 0.0650. The van der Waals surface area contributed by atoms with Gasteiger partial charge in [0.15, 0.2) is 0 Å². The lowest BCUT2D eigenvalue weighted by Gasteiger charge is -2.25. The molecule has 2 aliphatic heterocycles. The molecule has 9 heteroatoms. The van der Waals surface area contributed by atoms with Gasteiger partial charge in [-0.3, -0.25) is 14.5 Å². The Labute approximate surface area is 215 Å². The zero-order chi connectivity index (χ0) is 25.4. The van der Waals surface area contributed by atoms with E-state index in [1.807, 2.05) is 39.1 Å². The molecule has 2 unspecified atom stereocenters. The summed E-state index contributed by atoms with van der Waals surface area (Å²) in [5.74, 6) is -0.507. The lowest BCUT2D eigenvalue weighted by atomic mass is 9.93. The molecule has 0 radical (unpaired) electrons. The zero-order valence-electron chi connectivity index (χ0n) is 21.0. The third kappa shape index (κ3) is 3.57. The van der Waals surface area contributed by atoms with E-state index in [1.54, 1.807) is 4.52 Å². The Morgan fingerprint density at radius 2 is 1.94 bits per heavy atom. The number of likely N-dealkylation sites (tertiary alicyclic amines) is 1. The van der Waals surface area contributed by atoms with Gasteiger partial charge in [0, 0.05) is 36.3 Å². The number of aryl methyl sites for hydroxylation is 2. The van der Waals surface area contributed by atoms with Gasteiger partial charge in [-0.1, -0.05) is 25.4 Å². The van der Waals surface area contributed by atoms with Crippen LogP contribution in [0.25, 0.3) is 16.8 Å². The van der Waals surface area contributed by atoms with Gasteiger partial charge in [-0.05, 0) is 53.6 Å². The van der Waals surface area contributed by atoms with Crippen molar-refractivity contribution in [3.05, 3.63) is 51.9 Å². The number of carbonyl (C=O) groups is 2. The normalized spacial score (nSPS) is 25.0. The Hall–Kier alpha value is -2.81. The van der Waals surface area contributed by atoms with Crippen LogP contribution in [0.5, 0.6) is 0 Å². The molecule has 2 amide bonds.